The predicted octanol–water partition coefficient (Wildman–Crippen LogP) is 3.52. The van der Waals surface area contributed by atoms with Gasteiger partial charge in [0.1, 0.15) is 5.82 Å². The molecule has 2 fully saturated rings. The fourth-order valence-corrected chi connectivity index (χ4v) is 5.88. The van der Waals surface area contributed by atoms with Gasteiger partial charge in [0.25, 0.3) is 10.0 Å². The first-order chi connectivity index (χ1) is 17.9. The molecule has 9 nitrogen and oxygen atoms in total. The normalized spacial score (nSPS) is 16.6. The third-order valence-corrected chi connectivity index (χ3v) is 7.98. The van der Waals surface area contributed by atoms with E-state index in [1.165, 1.54) is 44.5 Å². The number of halogens is 1. The molecule has 0 amide bonds. The number of aromatic nitrogens is 2. The molecule has 1 aromatic carbocycles. The van der Waals surface area contributed by atoms with Gasteiger partial charge in [-0.1, -0.05) is 12.1 Å². The van der Waals surface area contributed by atoms with E-state index in [1.54, 1.807) is 18.3 Å². The first kappa shape index (κ1) is 25.4. The second-order valence-corrected chi connectivity index (χ2v) is 10.8. The van der Waals surface area contributed by atoms with Gasteiger partial charge in [-0.3, -0.25) is 14.6 Å². The molecular formula is C26H30FN5O4S. The van der Waals surface area contributed by atoms with Crippen LogP contribution in [-0.2, 0) is 21.3 Å². The number of likely N-dealkylation sites (tertiary alicyclic amines) is 1. The van der Waals surface area contributed by atoms with Crippen LogP contribution >= 0.6 is 0 Å². The third kappa shape index (κ3) is 5.84. The maximum atomic E-state index is 15.0. The lowest BCUT2D eigenvalue weighted by atomic mass is 10.0. The van der Waals surface area contributed by atoms with E-state index in [-0.39, 0.29) is 22.3 Å². The molecule has 2 aliphatic heterocycles. The molecule has 2 aliphatic rings. The van der Waals surface area contributed by atoms with Gasteiger partial charge in [-0.05, 0) is 49.7 Å². The number of pyridine rings is 2. The van der Waals surface area contributed by atoms with Crippen molar-refractivity contribution in [1.29, 1.82) is 0 Å². The Kier molecular flexibility index (Phi) is 7.54. The summed E-state index contributed by atoms with van der Waals surface area (Å²) in [4.78, 5) is 12.6. The number of rotatable bonds is 8. The van der Waals surface area contributed by atoms with E-state index in [9.17, 15) is 8.42 Å². The van der Waals surface area contributed by atoms with Crippen LogP contribution in [0.25, 0.3) is 11.1 Å². The molecule has 0 saturated carbocycles. The van der Waals surface area contributed by atoms with Crippen LogP contribution in [0.5, 0.6) is 5.88 Å². The van der Waals surface area contributed by atoms with E-state index < -0.39 is 10.0 Å². The lowest BCUT2D eigenvalue weighted by molar-refractivity contribution is 0.122. The number of hydrogen-bond donors (Lipinski definition) is 1. The number of anilines is 2. The van der Waals surface area contributed by atoms with Crippen molar-refractivity contribution in [3.63, 3.8) is 0 Å². The Morgan fingerprint density at radius 1 is 1.05 bits per heavy atom. The number of nitrogens with one attached hydrogen (secondary N) is 1. The average molecular weight is 528 g/mol. The number of methoxy groups -OCH3 is 1. The molecule has 37 heavy (non-hydrogen) atoms. The Bertz CT molecular complexity index is 1360. The minimum Gasteiger partial charge on any atom is -0.480 e. The van der Waals surface area contributed by atoms with E-state index in [1.807, 2.05) is 11.0 Å². The summed E-state index contributed by atoms with van der Waals surface area (Å²) in [6.07, 6.45) is 6.83. The largest absolute Gasteiger partial charge is 0.480 e. The number of benzene rings is 1. The van der Waals surface area contributed by atoms with E-state index in [4.69, 9.17) is 9.47 Å². The molecule has 0 radical (unpaired) electrons. The summed E-state index contributed by atoms with van der Waals surface area (Å²) >= 11 is 0. The maximum Gasteiger partial charge on any atom is 0.267 e. The molecule has 0 bridgehead atoms. The van der Waals surface area contributed by atoms with Gasteiger partial charge in [-0.15, -0.1) is 0 Å². The van der Waals surface area contributed by atoms with Gasteiger partial charge in [-0.25, -0.2) is 17.8 Å². The molecule has 0 unspecified atom stereocenters. The lowest BCUT2D eigenvalue weighted by Crippen LogP contribution is -2.36. The zero-order valence-corrected chi connectivity index (χ0v) is 21.5. The van der Waals surface area contributed by atoms with Crippen molar-refractivity contribution >= 4 is 21.4 Å². The van der Waals surface area contributed by atoms with Gasteiger partial charge in [-0.2, -0.15) is 0 Å². The zero-order chi connectivity index (χ0) is 25.8. The molecule has 196 valence electrons. The highest BCUT2D eigenvalue weighted by Crippen LogP contribution is 2.30. The molecule has 0 atom stereocenters. The molecule has 1 N–H and O–H groups in total. The van der Waals surface area contributed by atoms with Gasteiger partial charge in [0.2, 0.25) is 5.88 Å². The smallest absolute Gasteiger partial charge is 0.267 e. The van der Waals surface area contributed by atoms with Crippen LogP contribution in [0.4, 0.5) is 15.8 Å². The van der Waals surface area contributed by atoms with Gasteiger partial charge in [0, 0.05) is 37.0 Å². The number of nitrogens with zero attached hydrogens (tertiary/aromatic N) is 4. The second-order valence-electron chi connectivity index (χ2n) is 9.17. The number of sulfonamides is 1. The fraction of sp³-hybridized carbons (Fsp3) is 0.385. The average Bonchev–Trinajstić information content (AvgIpc) is 3.42. The standard InChI is InChI=1S/C26H30FN5O4S/c1-35-26-25(14-22(17-29-26)32-8-10-36-11-9-32)37(33,34)30-21-13-20(15-28-16-21)23-5-4-19(12-24(23)27)18-31-6-2-3-7-31/h4-5,12-17,30H,2-3,6-11,18H2,1H3. The summed E-state index contributed by atoms with van der Waals surface area (Å²) < 4.78 is 54.9. The molecular weight excluding hydrogens is 497 g/mol. The first-order valence-corrected chi connectivity index (χ1v) is 13.8. The van der Waals surface area contributed by atoms with Crippen molar-refractivity contribution in [2.75, 3.05) is 56.1 Å². The Labute approximate surface area is 216 Å². The van der Waals surface area contributed by atoms with Crippen LogP contribution in [-0.4, -0.2) is 69.8 Å². The Balaban J connectivity index is 1.38. The van der Waals surface area contributed by atoms with Crippen LogP contribution in [0.2, 0.25) is 0 Å². The molecule has 0 aliphatic carbocycles. The molecule has 3 aromatic rings. The van der Waals surface area contributed by atoms with Crippen molar-refractivity contribution in [1.82, 2.24) is 14.9 Å². The van der Waals surface area contributed by atoms with Crippen LogP contribution in [0.15, 0.2) is 53.8 Å². The molecule has 5 rings (SSSR count). The predicted molar refractivity (Wildman–Crippen MR) is 139 cm³/mol. The monoisotopic (exact) mass is 527 g/mol. The fourth-order valence-electron chi connectivity index (χ4n) is 4.71. The number of hydrogen-bond acceptors (Lipinski definition) is 8. The minimum atomic E-state index is -4.08. The van der Waals surface area contributed by atoms with Crippen LogP contribution < -0.4 is 14.4 Å². The van der Waals surface area contributed by atoms with E-state index in [2.05, 4.69) is 19.6 Å². The van der Waals surface area contributed by atoms with Gasteiger partial charge in [0.15, 0.2) is 4.90 Å². The molecule has 2 aromatic heterocycles. The van der Waals surface area contributed by atoms with Gasteiger partial charge < -0.3 is 14.4 Å². The summed E-state index contributed by atoms with van der Waals surface area (Å²) in [5, 5.41) is 0. The van der Waals surface area contributed by atoms with Crippen molar-refractivity contribution in [3.8, 4) is 17.0 Å². The summed E-state index contributed by atoms with van der Waals surface area (Å²) in [6, 6.07) is 8.26. The van der Waals surface area contributed by atoms with Crippen LogP contribution in [0, 0.1) is 5.82 Å². The van der Waals surface area contributed by atoms with E-state index >= 15 is 4.39 Å². The van der Waals surface area contributed by atoms with Crippen molar-refractivity contribution in [3.05, 3.63) is 60.3 Å². The van der Waals surface area contributed by atoms with E-state index in [0.29, 0.717) is 49.7 Å². The highest BCUT2D eigenvalue weighted by molar-refractivity contribution is 7.92. The molecule has 0 spiro atoms. The minimum absolute atomic E-state index is 0.0201. The Morgan fingerprint density at radius 2 is 1.84 bits per heavy atom. The Morgan fingerprint density at radius 3 is 2.57 bits per heavy atom. The summed E-state index contributed by atoms with van der Waals surface area (Å²) in [7, 11) is -2.71. The summed E-state index contributed by atoms with van der Waals surface area (Å²) in [5.74, 6) is -0.393. The Hall–Kier alpha value is -3.28. The number of morpholine rings is 1. The lowest BCUT2D eigenvalue weighted by Gasteiger charge is -2.29. The van der Waals surface area contributed by atoms with Gasteiger partial charge >= 0.3 is 0 Å². The first-order valence-electron chi connectivity index (χ1n) is 12.3. The highest BCUT2D eigenvalue weighted by atomic mass is 32.2. The van der Waals surface area contributed by atoms with Crippen molar-refractivity contribution < 1.29 is 22.3 Å². The number of ether oxygens (including phenoxy) is 2. The van der Waals surface area contributed by atoms with E-state index in [0.717, 1.165) is 18.7 Å². The van der Waals surface area contributed by atoms with Crippen molar-refractivity contribution in [2.24, 2.45) is 0 Å². The quantitative estimate of drug-likeness (QED) is 0.475. The SMILES string of the molecule is COc1ncc(N2CCOCC2)cc1S(=O)(=O)Nc1cncc(-c2ccc(CN3CCCC3)cc2F)c1. The highest BCUT2D eigenvalue weighted by Gasteiger charge is 2.24. The topological polar surface area (TPSA) is 96.9 Å². The summed E-state index contributed by atoms with van der Waals surface area (Å²) in [6.45, 7) is 5.16. The molecule has 4 heterocycles. The maximum absolute atomic E-state index is 15.0. The van der Waals surface area contributed by atoms with Crippen LogP contribution in [0.1, 0.15) is 18.4 Å². The summed E-state index contributed by atoms with van der Waals surface area (Å²) in [5.41, 5.74) is 2.60. The zero-order valence-electron chi connectivity index (χ0n) is 20.7. The molecule has 2 saturated heterocycles. The second kappa shape index (κ2) is 11.0. The van der Waals surface area contributed by atoms with Crippen LogP contribution in [0.3, 0.4) is 0 Å². The molecule has 11 heteroatoms. The van der Waals surface area contributed by atoms with Crippen molar-refractivity contribution in [2.45, 2.75) is 24.3 Å². The van der Waals surface area contributed by atoms with Gasteiger partial charge in [0.05, 0.1) is 44.1 Å². The third-order valence-electron chi connectivity index (χ3n) is 6.60.